The number of carbonyl (C=O) groups is 2. The van der Waals surface area contributed by atoms with Crippen LogP contribution < -0.4 is 9.47 Å². The topological polar surface area (TPSA) is 81.0 Å². The van der Waals surface area contributed by atoms with Crippen molar-refractivity contribution in [2.75, 3.05) is 26.7 Å². The van der Waals surface area contributed by atoms with E-state index < -0.39 is 11.6 Å². The van der Waals surface area contributed by atoms with Crippen molar-refractivity contribution < 1.29 is 24.2 Å². The van der Waals surface area contributed by atoms with Gasteiger partial charge in [-0.25, -0.2) is 4.79 Å². The van der Waals surface area contributed by atoms with Gasteiger partial charge in [-0.2, -0.15) is 0 Å². The Morgan fingerprint density at radius 2 is 1.86 bits per heavy atom. The largest absolute Gasteiger partial charge is 0.496 e. The number of hydrogen-bond donors (Lipinski definition) is 1. The number of aromatic carboxylic acids is 1. The number of carbonyl (C=O) groups excluding carboxylic acids is 1. The van der Waals surface area contributed by atoms with Crippen LogP contribution in [0.4, 0.5) is 0 Å². The number of rotatable bonds is 6. The summed E-state index contributed by atoms with van der Waals surface area (Å²) >= 11 is 0. The molecule has 3 heterocycles. The van der Waals surface area contributed by atoms with Gasteiger partial charge in [-0.3, -0.25) is 4.79 Å². The van der Waals surface area contributed by atoms with E-state index in [2.05, 4.69) is 21.7 Å². The van der Waals surface area contributed by atoms with E-state index in [4.69, 9.17) is 9.47 Å². The van der Waals surface area contributed by atoms with Gasteiger partial charge >= 0.3 is 5.97 Å². The van der Waals surface area contributed by atoms with Crippen LogP contribution in [0.5, 0.6) is 11.5 Å². The molecule has 0 atom stereocenters. The summed E-state index contributed by atoms with van der Waals surface area (Å²) in [6.07, 6.45) is 5.18. The van der Waals surface area contributed by atoms with Crippen molar-refractivity contribution in [2.24, 2.45) is 0 Å². The second-order valence-electron chi connectivity index (χ2n) is 10.2. The summed E-state index contributed by atoms with van der Waals surface area (Å²) in [5, 5.41) is 10.4. The first-order chi connectivity index (χ1) is 17.8. The number of piperidine rings is 1. The molecule has 0 aliphatic carbocycles. The number of hydrogen-bond acceptors (Lipinski definition) is 5. The maximum atomic E-state index is 12.7. The minimum Gasteiger partial charge on any atom is -0.496 e. The first kappa shape index (κ1) is 26.7. The summed E-state index contributed by atoms with van der Waals surface area (Å²) in [6.45, 7) is 10.7. The van der Waals surface area contributed by atoms with Crippen molar-refractivity contribution in [3.8, 4) is 11.5 Å². The Morgan fingerprint density at radius 3 is 2.54 bits per heavy atom. The number of aromatic nitrogens is 1. The number of methoxy groups -OCH3 is 1. The lowest BCUT2D eigenvalue weighted by molar-refractivity contribution is 0.0609. The molecule has 0 unspecified atom stereocenters. The SMILES string of the molecule is CC.COc1ccc2c(c1CCN1CCC(n3ccc4ccc(C(=O)O)cc43)CC1)OC(C)(C)CC2=O. The lowest BCUT2D eigenvalue weighted by Gasteiger charge is -2.35. The molecule has 0 saturated carbocycles. The number of Topliss-reactive ketones (excluding diaryl/α,β-unsaturated/α-hetero) is 1. The molecule has 1 fully saturated rings. The van der Waals surface area contributed by atoms with Gasteiger partial charge in [-0.1, -0.05) is 19.9 Å². The Labute approximate surface area is 219 Å². The zero-order valence-corrected chi connectivity index (χ0v) is 22.5. The average molecular weight is 507 g/mol. The van der Waals surface area contributed by atoms with Crippen LogP contribution in [-0.4, -0.2) is 58.7 Å². The van der Waals surface area contributed by atoms with Crippen LogP contribution in [-0.2, 0) is 6.42 Å². The van der Waals surface area contributed by atoms with Crippen molar-refractivity contribution in [1.29, 1.82) is 0 Å². The number of likely N-dealkylation sites (tertiary alicyclic amines) is 1. The van der Waals surface area contributed by atoms with Crippen LogP contribution in [0.2, 0.25) is 0 Å². The smallest absolute Gasteiger partial charge is 0.335 e. The van der Waals surface area contributed by atoms with Crippen molar-refractivity contribution in [2.45, 2.75) is 65.0 Å². The molecule has 37 heavy (non-hydrogen) atoms. The minimum atomic E-state index is -0.901. The Hall–Kier alpha value is -3.32. The maximum Gasteiger partial charge on any atom is 0.335 e. The molecule has 1 N–H and O–H groups in total. The predicted molar refractivity (Wildman–Crippen MR) is 145 cm³/mol. The summed E-state index contributed by atoms with van der Waals surface area (Å²) < 4.78 is 14.1. The zero-order valence-electron chi connectivity index (χ0n) is 22.5. The molecule has 7 nitrogen and oxygen atoms in total. The number of ketones is 1. The normalized spacial score (nSPS) is 17.5. The lowest BCUT2D eigenvalue weighted by Crippen LogP contribution is -2.37. The number of carboxylic acid groups (broad SMARTS) is 1. The monoisotopic (exact) mass is 506 g/mol. The van der Waals surface area contributed by atoms with Crippen molar-refractivity contribution >= 4 is 22.7 Å². The Bertz CT molecular complexity index is 1280. The maximum absolute atomic E-state index is 12.7. The van der Waals surface area contributed by atoms with Gasteiger partial charge < -0.3 is 24.0 Å². The Morgan fingerprint density at radius 1 is 1.14 bits per heavy atom. The molecule has 0 radical (unpaired) electrons. The van der Waals surface area contributed by atoms with E-state index in [0.717, 1.165) is 61.1 Å². The molecule has 5 rings (SSSR count). The van der Waals surface area contributed by atoms with E-state index in [9.17, 15) is 14.7 Å². The lowest BCUT2D eigenvalue weighted by atomic mass is 9.90. The fourth-order valence-corrected chi connectivity index (χ4v) is 5.46. The van der Waals surface area contributed by atoms with Crippen molar-refractivity contribution in [3.63, 3.8) is 0 Å². The minimum absolute atomic E-state index is 0.117. The van der Waals surface area contributed by atoms with Gasteiger partial charge in [0.2, 0.25) is 0 Å². The zero-order chi connectivity index (χ0) is 26.7. The number of fused-ring (bicyclic) bond motifs is 2. The molecule has 0 amide bonds. The Kier molecular flexibility index (Phi) is 7.93. The number of ether oxygens (including phenoxy) is 2. The highest BCUT2D eigenvalue weighted by molar-refractivity contribution is 6.01. The molecule has 2 aliphatic heterocycles. The van der Waals surface area contributed by atoms with Crippen LogP contribution >= 0.6 is 0 Å². The number of carboxylic acids is 1. The van der Waals surface area contributed by atoms with Crippen LogP contribution in [0.3, 0.4) is 0 Å². The van der Waals surface area contributed by atoms with Gasteiger partial charge in [0.1, 0.15) is 17.1 Å². The fourth-order valence-electron chi connectivity index (χ4n) is 5.46. The molecular formula is C30H38N2O5. The van der Waals surface area contributed by atoms with Gasteiger partial charge in [0.25, 0.3) is 0 Å². The van der Waals surface area contributed by atoms with E-state index >= 15 is 0 Å². The molecule has 0 bridgehead atoms. The van der Waals surface area contributed by atoms with E-state index in [1.54, 1.807) is 19.2 Å². The van der Waals surface area contributed by atoms with Gasteiger partial charge in [0, 0.05) is 43.0 Å². The van der Waals surface area contributed by atoms with Gasteiger partial charge in [-0.15, -0.1) is 0 Å². The fraction of sp³-hybridized carbons (Fsp3) is 0.467. The summed E-state index contributed by atoms with van der Waals surface area (Å²) in [5.74, 6) is 0.652. The van der Waals surface area contributed by atoms with E-state index in [-0.39, 0.29) is 5.78 Å². The van der Waals surface area contributed by atoms with Crippen molar-refractivity contribution in [1.82, 2.24) is 9.47 Å². The Balaban J connectivity index is 0.00000156. The third kappa shape index (κ3) is 5.52. The van der Waals surface area contributed by atoms with Gasteiger partial charge in [-0.05, 0) is 68.8 Å². The molecule has 7 heteroatoms. The molecule has 1 saturated heterocycles. The summed E-state index contributed by atoms with van der Waals surface area (Å²) in [6, 6.07) is 11.4. The molecule has 198 valence electrons. The molecule has 2 aliphatic rings. The van der Waals surface area contributed by atoms with E-state index in [1.807, 2.05) is 45.9 Å². The van der Waals surface area contributed by atoms with Crippen LogP contribution in [0, 0.1) is 0 Å². The third-order valence-corrected chi connectivity index (χ3v) is 7.30. The second-order valence-corrected chi connectivity index (χ2v) is 10.2. The van der Waals surface area contributed by atoms with Crippen LogP contribution in [0.15, 0.2) is 42.6 Å². The highest BCUT2D eigenvalue weighted by Crippen LogP contribution is 2.40. The van der Waals surface area contributed by atoms with E-state index in [0.29, 0.717) is 29.3 Å². The summed E-state index contributed by atoms with van der Waals surface area (Å²) in [5.41, 5.74) is 2.39. The number of benzene rings is 2. The third-order valence-electron chi connectivity index (χ3n) is 7.30. The molecule has 1 aromatic heterocycles. The van der Waals surface area contributed by atoms with Gasteiger partial charge in [0.05, 0.1) is 24.7 Å². The highest BCUT2D eigenvalue weighted by Gasteiger charge is 2.35. The van der Waals surface area contributed by atoms with Crippen LogP contribution in [0.25, 0.3) is 10.9 Å². The molecule has 2 aromatic carbocycles. The molecule has 3 aromatic rings. The first-order valence-electron chi connectivity index (χ1n) is 13.2. The highest BCUT2D eigenvalue weighted by atomic mass is 16.5. The summed E-state index contributed by atoms with van der Waals surface area (Å²) in [7, 11) is 1.66. The van der Waals surface area contributed by atoms with Crippen LogP contribution in [0.1, 0.15) is 79.3 Å². The van der Waals surface area contributed by atoms with Gasteiger partial charge in [0.15, 0.2) is 5.78 Å². The molecular weight excluding hydrogens is 468 g/mol. The second kappa shape index (κ2) is 11.0. The first-order valence-corrected chi connectivity index (χ1v) is 13.2. The molecule has 0 spiro atoms. The summed E-state index contributed by atoms with van der Waals surface area (Å²) in [4.78, 5) is 26.6. The van der Waals surface area contributed by atoms with Crippen molar-refractivity contribution in [3.05, 3.63) is 59.3 Å². The predicted octanol–water partition coefficient (Wildman–Crippen LogP) is 6.00. The average Bonchev–Trinajstić information content (AvgIpc) is 3.31. The number of nitrogens with zero attached hydrogens (tertiary/aromatic N) is 2. The van der Waals surface area contributed by atoms with E-state index in [1.165, 1.54) is 0 Å². The quantitative estimate of drug-likeness (QED) is 0.442. The standard InChI is InChI=1S/C28H32N2O5.C2H6/c1-28(2)17-24(31)21-6-7-25(34-3)22(26(21)35-28)11-14-29-12-9-20(10-13-29)30-15-8-18-4-5-19(27(32)33)16-23(18)30;1-2/h4-8,15-16,20H,9-14,17H2,1-3H3,(H,32,33);1-2H3.